The van der Waals surface area contributed by atoms with Gasteiger partial charge in [0.2, 0.25) is 0 Å². The molecule has 0 saturated heterocycles. The number of pyridine rings is 1. The second-order valence-electron chi connectivity index (χ2n) is 5.38. The van der Waals surface area contributed by atoms with Gasteiger partial charge in [-0.05, 0) is 38.3 Å². The van der Waals surface area contributed by atoms with Gasteiger partial charge in [-0.1, -0.05) is 33.1 Å². The zero-order chi connectivity index (χ0) is 15.1. The summed E-state index contributed by atoms with van der Waals surface area (Å²) in [6.07, 6.45) is 5.46. The Kier molecular flexibility index (Phi) is 6.49. The maximum Gasteiger partial charge on any atom is 0.339 e. The molecule has 112 valence electrons. The van der Waals surface area contributed by atoms with Crippen LogP contribution in [0.4, 0.5) is 5.82 Å². The monoisotopic (exact) mass is 278 g/mol. The molecule has 0 saturated carbocycles. The molecule has 1 unspecified atom stereocenters. The highest BCUT2D eigenvalue weighted by Crippen LogP contribution is 2.21. The minimum absolute atomic E-state index is 0.298. The highest BCUT2D eigenvalue weighted by atomic mass is 16.4. The van der Waals surface area contributed by atoms with Gasteiger partial charge in [0, 0.05) is 11.7 Å². The van der Waals surface area contributed by atoms with Gasteiger partial charge in [-0.25, -0.2) is 9.78 Å². The summed E-state index contributed by atoms with van der Waals surface area (Å²) in [5.74, 6) is -0.396. The van der Waals surface area contributed by atoms with Gasteiger partial charge in [0.05, 0.1) is 0 Å². The van der Waals surface area contributed by atoms with Crippen LogP contribution in [0.2, 0.25) is 0 Å². The molecule has 1 atom stereocenters. The molecule has 1 aromatic rings. The van der Waals surface area contributed by atoms with Gasteiger partial charge in [0.1, 0.15) is 11.4 Å². The maximum atomic E-state index is 11.4. The molecule has 2 N–H and O–H groups in total. The molecule has 0 amide bonds. The van der Waals surface area contributed by atoms with Crippen molar-refractivity contribution in [3.63, 3.8) is 0 Å². The van der Waals surface area contributed by atoms with Crippen molar-refractivity contribution in [3.05, 3.63) is 22.9 Å². The summed E-state index contributed by atoms with van der Waals surface area (Å²) in [5.41, 5.74) is 1.91. The average Bonchev–Trinajstić information content (AvgIpc) is 2.34. The molecule has 0 radical (unpaired) electrons. The molecule has 0 fully saturated rings. The van der Waals surface area contributed by atoms with Gasteiger partial charge in [-0.15, -0.1) is 0 Å². The van der Waals surface area contributed by atoms with E-state index >= 15 is 0 Å². The number of carboxylic acids is 1. The Hall–Kier alpha value is -1.58. The lowest BCUT2D eigenvalue weighted by Gasteiger charge is -2.20. The number of unbranched alkanes of at least 4 members (excludes halogenated alkanes) is 1. The van der Waals surface area contributed by atoms with Gasteiger partial charge in [0.25, 0.3) is 0 Å². The summed E-state index contributed by atoms with van der Waals surface area (Å²) in [4.78, 5) is 15.8. The molecule has 0 aliphatic rings. The Bertz CT molecular complexity index is 458. The van der Waals surface area contributed by atoms with Crippen LogP contribution < -0.4 is 5.32 Å². The molecule has 0 spiro atoms. The number of carbonyl (C=O) groups is 1. The number of hydrogen-bond acceptors (Lipinski definition) is 3. The number of aryl methyl sites for hydroxylation is 2. The molecule has 1 rings (SSSR count). The molecule has 4 nitrogen and oxygen atoms in total. The molecule has 0 aliphatic heterocycles. The summed E-state index contributed by atoms with van der Waals surface area (Å²) in [7, 11) is 0. The molecular formula is C16H26N2O2. The predicted molar refractivity (Wildman–Crippen MR) is 82.5 cm³/mol. The highest BCUT2D eigenvalue weighted by molar-refractivity contribution is 5.94. The van der Waals surface area contributed by atoms with Crippen molar-refractivity contribution in [1.29, 1.82) is 0 Å². The van der Waals surface area contributed by atoms with Crippen molar-refractivity contribution < 1.29 is 9.90 Å². The molecule has 0 aliphatic carbocycles. The Morgan fingerprint density at radius 3 is 2.55 bits per heavy atom. The molecule has 20 heavy (non-hydrogen) atoms. The van der Waals surface area contributed by atoms with Crippen LogP contribution in [0.15, 0.2) is 6.07 Å². The lowest BCUT2D eigenvalue weighted by molar-refractivity contribution is 0.0696. The van der Waals surface area contributed by atoms with E-state index in [0.717, 1.165) is 43.4 Å². The first-order valence-electron chi connectivity index (χ1n) is 7.47. The number of nitrogens with zero attached hydrogens (tertiary/aromatic N) is 1. The summed E-state index contributed by atoms with van der Waals surface area (Å²) in [6.45, 7) is 8.03. The van der Waals surface area contributed by atoms with E-state index in [1.165, 1.54) is 0 Å². The van der Waals surface area contributed by atoms with Crippen molar-refractivity contribution in [3.8, 4) is 0 Å². The predicted octanol–water partition coefficient (Wildman–Crippen LogP) is 4.17. The smallest absolute Gasteiger partial charge is 0.339 e. The topological polar surface area (TPSA) is 62.2 Å². The highest BCUT2D eigenvalue weighted by Gasteiger charge is 2.18. The van der Waals surface area contributed by atoms with E-state index in [2.05, 4.69) is 24.1 Å². The standard InChI is InChI=1S/C16H26N2O2/c1-5-7-9-13(8-6-2)18-15-14(16(19)20)11(3)10-12(4)17-15/h10,13H,5-9H2,1-4H3,(H,17,18)(H,19,20). The second-order valence-corrected chi connectivity index (χ2v) is 5.38. The van der Waals surface area contributed by atoms with Gasteiger partial charge >= 0.3 is 5.97 Å². The van der Waals surface area contributed by atoms with Gasteiger partial charge in [-0.3, -0.25) is 0 Å². The summed E-state index contributed by atoms with van der Waals surface area (Å²) in [5, 5.41) is 12.7. The minimum atomic E-state index is -0.914. The number of nitrogens with one attached hydrogen (secondary N) is 1. The van der Waals surface area contributed by atoms with Crippen molar-refractivity contribution in [2.75, 3.05) is 5.32 Å². The van der Waals surface area contributed by atoms with Crippen molar-refractivity contribution >= 4 is 11.8 Å². The van der Waals surface area contributed by atoms with E-state index in [1.54, 1.807) is 0 Å². The van der Waals surface area contributed by atoms with Gasteiger partial charge in [-0.2, -0.15) is 0 Å². The SMILES string of the molecule is CCCCC(CCC)Nc1nc(C)cc(C)c1C(=O)O. The van der Waals surface area contributed by atoms with Crippen molar-refractivity contribution in [2.24, 2.45) is 0 Å². The number of anilines is 1. The minimum Gasteiger partial charge on any atom is -0.478 e. The lowest BCUT2D eigenvalue weighted by Crippen LogP contribution is -2.22. The first kappa shape index (κ1) is 16.5. The fourth-order valence-corrected chi connectivity index (χ4v) is 2.49. The molecule has 0 aromatic carbocycles. The van der Waals surface area contributed by atoms with Crippen LogP contribution in [-0.4, -0.2) is 22.1 Å². The second kappa shape index (κ2) is 7.88. The first-order chi connectivity index (χ1) is 9.49. The molecule has 0 bridgehead atoms. The number of carboxylic acid groups (broad SMARTS) is 1. The van der Waals surface area contributed by atoms with Crippen LogP contribution in [0, 0.1) is 13.8 Å². The fraction of sp³-hybridized carbons (Fsp3) is 0.625. The molecule has 1 heterocycles. The normalized spacial score (nSPS) is 12.2. The van der Waals surface area contributed by atoms with E-state index in [1.807, 2.05) is 19.9 Å². The van der Waals surface area contributed by atoms with Gasteiger partial charge < -0.3 is 10.4 Å². The lowest BCUT2D eigenvalue weighted by atomic mass is 10.0. The fourth-order valence-electron chi connectivity index (χ4n) is 2.49. The number of hydrogen-bond donors (Lipinski definition) is 2. The van der Waals surface area contributed by atoms with E-state index < -0.39 is 5.97 Å². The average molecular weight is 278 g/mol. The van der Waals surface area contributed by atoms with E-state index in [4.69, 9.17) is 0 Å². The zero-order valence-corrected chi connectivity index (χ0v) is 13.0. The van der Waals surface area contributed by atoms with E-state index in [0.29, 0.717) is 17.4 Å². The number of aromatic nitrogens is 1. The van der Waals surface area contributed by atoms with Gasteiger partial charge in [0.15, 0.2) is 0 Å². The van der Waals surface area contributed by atoms with E-state index in [-0.39, 0.29) is 0 Å². The molecule has 1 aromatic heterocycles. The Labute approximate surface area is 121 Å². The van der Waals surface area contributed by atoms with Crippen LogP contribution >= 0.6 is 0 Å². The summed E-state index contributed by atoms with van der Waals surface area (Å²) < 4.78 is 0. The number of rotatable bonds is 8. The summed E-state index contributed by atoms with van der Waals surface area (Å²) >= 11 is 0. The van der Waals surface area contributed by atoms with Crippen LogP contribution in [0.25, 0.3) is 0 Å². The van der Waals surface area contributed by atoms with Crippen LogP contribution in [0.3, 0.4) is 0 Å². The Balaban J connectivity index is 3.01. The third-order valence-corrected chi connectivity index (χ3v) is 3.44. The van der Waals surface area contributed by atoms with Crippen molar-refractivity contribution in [1.82, 2.24) is 4.98 Å². The quantitative estimate of drug-likeness (QED) is 0.749. The third kappa shape index (κ3) is 4.51. The van der Waals surface area contributed by atoms with Crippen LogP contribution in [-0.2, 0) is 0 Å². The Morgan fingerprint density at radius 2 is 2.00 bits per heavy atom. The largest absolute Gasteiger partial charge is 0.478 e. The van der Waals surface area contributed by atoms with Crippen molar-refractivity contribution in [2.45, 2.75) is 65.8 Å². The Morgan fingerprint density at radius 1 is 1.30 bits per heavy atom. The molecular weight excluding hydrogens is 252 g/mol. The van der Waals surface area contributed by atoms with Crippen LogP contribution in [0.5, 0.6) is 0 Å². The zero-order valence-electron chi connectivity index (χ0n) is 13.0. The maximum absolute atomic E-state index is 11.4. The third-order valence-electron chi connectivity index (χ3n) is 3.44. The van der Waals surface area contributed by atoms with E-state index in [9.17, 15) is 9.90 Å². The summed E-state index contributed by atoms with van der Waals surface area (Å²) in [6, 6.07) is 2.11. The van der Waals surface area contributed by atoms with Crippen LogP contribution in [0.1, 0.15) is 67.6 Å². The number of aromatic carboxylic acids is 1. The molecule has 4 heteroatoms. The first-order valence-corrected chi connectivity index (χ1v) is 7.47.